The van der Waals surface area contributed by atoms with Crippen molar-refractivity contribution in [3.8, 4) is 0 Å². The van der Waals surface area contributed by atoms with Crippen molar-refractivity contribution in [2.24, 2.45) is 0 Å². The average molecular weight is 250 g/mol. The van der Waals surface area contributed by atoms with Crippen molar-refractivity contribution in [2.75, 3.05) is 19.0 Å². The van der Waals surface area contributed by atoms with Gasteiger partial charge in [0.2, 0.25) is 0 Å². The summed E-state index contributed by atoms with van der Waals surface area (Å²) < 4.78 is 4.50. The van der Waals surface area contributed by atoms with E-state index in [2.05, 4.69) is 15.4 Å². The highest BCUT2D eigenvalue weighted by Crippen LogP contribution is 2.07. The van der Waals surface area contributed by atoms with E-state index in [9.17, 15) is 9.59 Å². The number of hydrogen-bond donors (Lipinski definition) is 2. The summed E-state index contributed by atoms with van der Waals surface area (Å²) in [7, 11) is 1.35. The highest BCUT2D eigenvalue weighted by Gasteiger charge is 2.02. The Balaban J connectivity index is 2.21. The minimum absolute atomic E-state index is 0.268. The number of carbonyl (C=O) groups is 2. The molecule has 0 aliphatic carbocycles. The molecule has 0 radical (unpaired) electrons. The zero-order valence-corrected chi connectivity index (χ0v) is 10.7. The van der Waals surface area contributed by atoms with Gasteiger partial charge in [0.15, 0.2) is 0 Å². The molecule has 0 saturated heterocycles. The van der Waals surface area contributed by atoms with Crippen molar-refractivity contribution in [3.05, 3.63) is 29.8 Å². The molecule has 0 atom stereocenters. The van der Waals surface area contributed by atoms with Gasteiger partial charge in [0, 0.05) is 18.7 Å². The third-order valence-corrected chi connectivity index (χ3v) is 2.38. The van der Waals surface area contributed by atoms with Crippen LogP contribution < -0.4 is 10.6 Å². The number of benzene rings is 1. The molecule has 5 heteroatoms. The van der Waals surface area contributed by atoms with Crippen molar-refractivity contribution < 1.29 is 14.3 Å². The predicted octanol–water partition coefficient (Wildman–Crippen LogP) is 2.07. The summed E-state index contributed by atoms with van der Waals surface area (Å²) in [5.41, 5.74) is 1.88. The number of nitrogens with one attached hydrogen (secondary N) is 2. The lowest BCUT2D eigenvalue weighted by molar-refractivity contribution is -0.140. The van der Waals surface area contributed by atoms with Crippen LogP contribution in [0, 0.1) is 6.92 Å². The largest absolute Gasteiger partial charge is 0.469 e. The van der Waals surface area contributed by atoms with Crippen molar-refractivity contribution in [3.63, 3.8) is 0 Å². The summed E-state index contributed by atoms with van der Waals surface area (Å²) in [5.74, 6) is -0.268. The normalized spacial score (nSPS) is 9.67. The monoisotopic (exact) mass is 250 g/mol. The Morgan fingerprint density at radius 3 is 2.50 bits per heavy atom. The van der Waals surface area contributed by atoms with Gasteiger partial charge in [-0.05, 0) is 25.5 Å². The molecule has 98 valence electrons. The molecular formula is C13H18N2O3. The SMILES string of the molecule is COC(=O)CCCNC(=O)Nc1ccc(C)cc1. The van der Waals surface area contributed by atoms with E-state index in [1.54, 1.807) is 0 Å². The van der Waals surface area contributed by atoms with Gasteiger partial charge in [-0.25, -0.2) is 4.79 Å². The Bertz CT molecular complexity index is 401. The molecule has 0 bridgehead atoms. The number of urea groups is 1. The van der Waals surface area contributed by atoms with Crippen molar-refractivity contribution in [1.82, 2.24) is 5.32 Å². The molecule has 0 aliphatic heterocycles. The van der Waals surface area contributed by atoms with Crippen LogP contribution in [0.3, 0.4) is 0 Å². The lowest BCUT2D eigenvalue weighted by Crippen LogP contribution is -2.29. The predicted molar refractivity (Wildman–Crippen MR) is 69.5 cm³/mol. The summed E-state index contributed by atoms with van der Waals surface area (Å²) in [5, 5.41) is 5.37. The number of rotatable bonds is 5. The lowest BCUT2D eigenvalue weighted by Gasteiger charge is -2.07. The molecular weight excluding hydrogens is 232 g/mol. The molecule has 0 aliphatic rings. The summed E-state index contributed by atoms with van der Waals surface area (Å²) in [4.78, 5) is 22.3. The maximum Gasteiger partial charge on any atom is 0.319 e. The van der Waals surface area contributed by atoms with Gasteiger partial charge in [-0.2, -0.15) is 0 Å². The molecule has 1 aromatic carbocycles. The zero-order chi connectivity index (χ0) is 13.4. The Hall–Kier alpha value is -2.04. The number of ether oxygens (including phenoxy) is 1. The van der Waals surface area contributed by atoms with E-state index in [-0.39, 0.29) is 12.0 Å². The fourth-order valence-electron chi connectivity index (χ4n) is 1.35. The maximum absolute atomic E-state index is 11.5. The van der Waals surface area contributed by atoms with Gasteiger partial charge in [-0.3, -0.25) is 4.79 Å². The van der Waals surface area contributed by atoms with E-state index in [4.69, 9.17) is 0 Å². The van der Waals surface area contributed by atoms with Crippen LogP contribution in [-0.2, 0) is 9.53 Å². The third kappa shape index (κ3) is 5.34. The maximum atomic E-state index is 11.5. The lowest BCUT2D eigenvalue weighted by atomic mass is 10.2. The van der Waals surface area contributed by atoms with Crippen LogP contribution in [0.4, 0.5) is 10.5 Å². The molecule has 5 nitrogen and oxygen atoms in total. The third-order valence-electron chi connectivity index (χ3n) is 2.38. The summed E-state index contributed by atoms with van der Waals surface area (Å²) in [6.07, 6.45) is 0.870. The van der Waals surface area contributed by atoms with Crippen LogP contribution in [0.15, 0.2) is 24.3 Å². The number of amides is 2. The van der Waals surface area contributed by atoms with E-state index in [0.717, 1.165) is 11.3 Å². The van der Waals surface area contributed by atoms with Crippen molar-refractivity contribution in [2.45, 2.75) is 19.8 Å². The first-order valence-corrected chi connectivity index (χ1v) is 5.80. The van der Waals surface area contributed by atoms with Gasteiger partial charge < -0.3 is 15.4 Å². The van der Waals surface area contributed by atoms with E-state index in [1.165, 1.54) is 7.11 Å². The second-order valence-electron chi connectivity index (χ2n) is 3.93. The van der Waals surface area contributed by atoms with Crippen LogP contribution in [0.2, 0.25) is 0 Å². The number of aryl methyl sites for hydroxylation is 1. The number of methoxy groups -OCH3 is 1. The summed E-state index contributed by atoms with van der Waals surface area (Å²) in [6.45, 7) is 2.42. The molecule has 18 heavy (non-hydrogen) atoms. The molecule has 0 saturated carbocycles. The zero-order valence-electron chi connectivity index (χ0n) is 10.7. The van der Waals surface area contributed by atoms with E-state index >= 15 is 0 Å². The molecule has 2 N–H and O–H groups in total. The highest BCUT2D eigenvalue weighted by atomic mass is 16.5. The molecule has 0 heterocycles. The van der Waals surface area contributed by atoms with Crippen molar-refractivity contribution >= 4 is 17.7 Å². The van der Waals surface area contributed by atoms with Crippen LogP contribution in [0.1, 0.15) is 18.4 Å². The minimum atomic E-state index is -0.274. The number of hydrogen-bond acceptors (Lipinski definition) is 3. The molecule has 0 aromatic heterocycles. The van der Waals surface area contributed by atoms with E-state index < -0.39 is 0 Å². The molecule has 0 fully saturated rings. The number of anilines is 1. The van der Waals surface area contributed by atoms with E-state index in [0.29, 0.717) is 19.4 Å². The number of esters is 1. The Kier molecular flexibility index (Phi) is 5.70. The molecule has 2 amide bonds. The van der Waals surface area contributed by atoms with Crippen LogP contribution in [0.5, 0.6) is 0 Å². The van der Waals surface area contributed by atoms with Crippen LogP contribution >= 0.6 is 0 Å². The fraction of sp³-hybridized carbons (Fsp3) is 0.385. The van der Waals surface area contributed by atoms with Gasteiger partial charge in [0.25, 0.3) is 0 Å². The highest BCUT2D eigenvalue weighted by molar-refractivity contribution is 5.89. The van der Waals surface area contributed by atoms with Gasteiger partial charge in [-0.15, -0.1) is 0 Å². The Morgan fingerprint density at radius 1 is 1.22 bits per heavy atom. The first-order valence-electron chi connectivity index (χ1n) is 5.80. The topological polar surface area (TPSA) is 67.4 Å². The molecule has 0 unspecified atom stereocenters. The van der Waals surface area contributed by atoms with Crippen LogP contribution in [-0.4, -0.2) is 25.7 Å². The second-order valence-corrected chi connectivity index (χ2v) is 3.93. The molecule has 1 rings (SSSR count). The van der Waals surface area contributed by atoms with Gasteiger partial charge >= 0.3 is 12.0 Å². The van der Waals surface area contributed by atoms with Crippen LogP contribution in [0.25, 0.3) is 0 Å². The fourth-order valence-corrected chi connectivity index (χ4v) is 1.35. The molecule has 0 spiro atoms. The Labute approximate surface area is 107 Å². The first kappa shape index (κ1) is 14.0. The minimum Gasteiger partial charge on any atom is -0.469 e. The first-order chi connectivity index (χ1) is 8.61. The second kappa shape index (κ2) is 7.32. The molecule has 1 aromatic rings. The van der Waals surface area contributed by atoms with Gasteiger partial charge in [-0.1, -0.05) is 17.7 Å². The smallest absolute Gasteiger partial charge is 0.319 e. The summed E-state index contributed by atoms with van der Waals surface area (Å²) in [6, 6.07) is 7.25. The van der Waals surface area contributed by atoms with Gasteiger partial charge in [0.1, 0.15) is 0 Å². The number of carbonyl (C=O) groups excluding carboxylic acids is 2. The van der Waals surface area contributed by atoms with Crippen molar-refractivity contribution in [1.29, 1.82) is 0 Å². The van der Waals surface area contributed by atoms with E-state index in [1.807, 2.05) is 31.2 Å². The summed E-state index contributed by atoms with van der Waals surface area (Å²) >= 11 is 0. The standard InChI is InChI=1S/C13H18N2O3/c1-10-5-7-11(8-6-10)15-13(17)14-9-3-4-12(16)18-2/h5-8H,3-4,9H2,1-2H3,(H2,14,15,17). The quantitative estimate of drug-likeness (QED) is 0.621. The Morgan fingerprint density at radius 2 is 1.89 bits per heavy atom. The van der Waals surface area contributed by atoms with Gasteiger partial charge in [0.05, 0.1) is 7.11 Å². The average Bonchev–Trinajstić information content (AvgIpc) is 2.37.